The van der Waals surface area contributed by atoms with E-state index < -0.39 is 0 Å². The van der Waals surface area contributed by atoms with Crippen LogP contribution in [0.5, 0.6) is 0 Å². The highest BCUT2D eigenvalue weighted by molar-refractivity contribution is 4.88. The van der Waals surface area contributed by atoms with Crippen LogP contribution in [0, 0.1) is 17.3 Å². The first kappa shape index (κ1) is 16.0. The fraction of sp³-hybridized carbons (Fsp3) is 1.00. The quantitative estimate of drug-likeness (QED) is 0.824. The lowest BCUT2D eigenvalue weighted by Gasteiger charge is -2.42. The van der Waals surface area contributed by atoms with E-state index in [1.165, 1.54) is 0 Å². The maximum Gasteiger partial charge on any atom is 0.0737 e. The summed E-state index contributed by atoms with van der Waals surface area (Å²) in [5.41, 5.74) is 0.347. The van der Waals surface area contributed by atoms with Crippen LogP contribution in [0.25, 0.3) is 0 Å². The molecule has 1 heterocycles. The fourth-order valence-corrected chi connectivity index (χ4v) is 2.91. The van der Waals surface area contributed by atoms with Crippen molar-refractivity contribution in [2.24, 2.45) is 17.3 Å². The molecule has 0 bridgehead atoms. The molecule has 3 unspecified atom stereocenters. The third-order valence-corrected chi connectivity index (χ3v) is 3.61. The molecule has 0 aromatic heterocycles. The van der Waals surface area contributed by atoms with Crippen LogP contribution >= 0.6 is 0 Å². The van der Waals surface area contributed by atoms with Gasteiger partial charge >= 0.3 is 0 Å². The minimum Gasteiger partial charge on any atom is -0.372 e. The van der Waals surface area contributed by atoms with Crippen LogP contribution in [-0.4, -0.2) is 24.8 Å². The van der Waals surface area contributed by atoms with Crippen LogP contribution < -0.4 is 5.32 Å². The molecule has 1 N–H and O–H groups in total. The Labute approximate surface area is 114 Å². The van der Waals surface area contributed by atoms with Crippen LogP contribution in [0.15, 0.2) is 0 Å². The molecule has 2 nitrogen and oxygen atoms in total. The van der Waals surface area contributed by atoms with E-state index in [0.717, 1.165) is 19.4 Å². The van der Waals surface area contributed by atoms with Crippen molar-refractivity contribution < 1.29 is 4.74 Å². The van der Waals surface area contributed by atoms with E-state index in [-0.39, 0.29) is 0 Å². The standard InChI is InChI=1S/C16H33NO/c1-11(2)8-14-15(12(3)4)17-10-13(18-14)9-16(5,6)7/h11-15,17H,8-10H2,1-7H3. The van der Waals surface area contributed by atoms with Gasteiger partial charge in [-0.3, -0.25) is 0 Å². The summed E-state index contributed by atoms with van der Waals surface area (Å²) >= 11 is 0. The first-order valence-corrected chi connectivity index (χ1v) is 7.58. The second-order valence-electron chi connectivity index (χ2n) is 7.87. The fourth-order valence-electron chi connectivity index (χ4n) is 2.91. The van der Waals surface area contributed by atoms with Gasteiger partial charge in [0.05, 0.1) is 12.2 Å². The Morgan fingerprint density at radius 1 is 1.17 bits per heavy atom. The molecule has 18 heavy (non-hydrogen) atoms. The molecule has 0 aliphatic carbocycles. The number of hydrogen-bond donors (Lipinski definition) is 1. The molecule has 0 saturated carbocycles. The van der Waals surface area contributed by atoms with Gasteiger partial charge in [-0.2, -0.15) is 0 Å². The predicted molar refractivity (Wildman–Crippen MR) is 78.8 cm³/mol. The van der Waals surface area contributed by atoms with Gasteiger partial charge in [0, 0.05) is 12.6 Å². The molecule has 1 fully saturated rings. The molecule has 1 aliphatic heterocycles. The second kappa shape index (κ2) is 6.38. The molecule has 0 aromatic rings. The number of morpholine rings is 1. The van der Waals surface area contributed by atoms with Crippen LogP contribution in [0.2, 0.25) is 0 Å². The van der Waals surface area contributed by atoms with Gasteiger partial charge in [-0.05, 0) is 30.1 Å². The van der Waals surface area contributed by atoms with Gasteiger partial charge in [0.1, 0.15) is 0 Å². The van der Waals surface area contributed by atoms with Gasteiger partial charge in [0.2, 0.25) is 0 Å². The molecule has 0 spiro atoms. The molecular formula is C16H33NO. The van der Waals surface area contributed by atoms with Crippen molar-refractivity contribution in [2.45, 2.75) is 79.6 Å². The maximum atomic E-state index is 6.38. The van der Waals surface area contributed by atoms with Crippen LogP contribution in [0.4, 0.5) is 0 Å². The van der Waals surface area contributed by atoms with Gasteiger partial charge in [-0.15, -0.1) is 0 Å². The molecule has 0 amide bonds. The normalized spacial score (nSPS) is 30.2. The van der Waals surface area contributed by atoms with E-state index in [2.05, 4.69) is 53.8 Å². The molecule has 2 heteroatoms. The topological polar surface area (TPSA) is 21.3 Å². The third-order valence-electron chi connectivity index (χ3n) is 3.61. The number of ether oxygens (including phenoxy) is 1. The zero-order chi connectivity index (χ0) is 13.9. The van der Waals surface area contributed by atoms with Crippen molar-refractivity contribution in [3.05, 3.63) is 0 Å². The van der Waals surface area contributed by atoms with Crippen molar-refractivity contribution in [2.75, 3.05) is 6.54 Å². The highest BCUT2D eigenvalue weighted by Gasteiger charge is 2.34. The van der Waals surface area contributed by atoms with E-state index in [4.69, 9.17) is 4.74 Å². The molecule has 1 rings (SSSR count). The predicted octanol–water partition coefficient (Wildman–Crippen LogP) is 3.85. The highest BCUT2D eigenvalue weighted by Crippen LogP contribution is 2.28. The SMILES string of the molecule is CC(C)CC1OC(CC(C)(C)C)CNC1C(C)C. The summed E-state index contributed by atoms with van der Waals surface area (Å²) in [7, 11) is 0. The smallest absolute Gasteiger partial charge is 0.0737 e. The minimum absolute atomic E-state index is 0.347. The molecular weight excluding hydrogens is 222 g/mol. The highest BCUT2D eigenvalue weighted by atomic mass is 16.5. The molecule has 0 radical (unpaired) electrons. The van der Waals surface area contributed by atoms with Crippen molar-refractivity contribution >= 4 is 0 Å². The summed E-state index contributed by atoms with van der Waals surface area (Å²) in [5.74, 6) is 1.34. The first-order valence-electron chi connectivity index (χ1n) is 7.58. The third kappa shape index (κ3) is 5.27. The summed E-state index contributed by atoms with van der Waals surface area (Å²) in [5, 5.41) is 3.72. The van der Waals surface area contributed by atoms with Crippen molar-refractivity contribution in [3.63, 3.8) is 0 Å². The van der Waals surface area contributed by atoms with E-state index in [1.807, 2.05) is 0 Å². The van der Waals surface area contributed by atoms with Gasteiger partial charge in [0.25, 0.3) is 0 Å². The van der Waals surface area contributed by atoms with Gasteiger partial charge < -0.3 is 10.1 Å². The van der Waals surface area contributed by atoms with E-state index in [0.29, 0.717) is 35.5 Å². The second-order valence-corrected chi connectivity index (χ2v) is 7.87. The Hall–Kier alpha value is -0.0800. The average molecular weight is 255 g/mol. The Morgan fingerprint density at radius 3 is 2.22 bits per heavy atom. The monoisotopic (exact) mass is 255 g/mol. The average Bonchev–Trinajstić information content (AvgIpc) is 2.13. The van der Waals surface area contributed by atoms with Gasteiger partial charge in [-0.1, -0.05) is 48.5 Å². The summed E-state index contributed by atoms with van der Waals surface area (Å²) in [6, 6.07) is 0.517. The summed E-state index contributed by atoms with van der Waals surface area (Å²) in [4.78, 5) is 0. The zero-order valence-corrected chi connectivity index (χ0v) is 13.4. The van der Waals surface area contributed by atoms with Crippen LogP contribution in [0.3, 0.4) is 0 Å². The summed E-state index contributed by atoms with van der Waals surface area (Å²) in [6.45, 7) is 17.0. The molecule has 1 saturated heterocycles. The summed E-state index contributed by atoms with van der Waals surface area (Å²) < 4.78 is 6.38. The van der Waals surface area contributed by atoms with E-state index in [1.54, 1.807) is 0 Å². The number of nitrogens with one attached hydrogen (secondary N) is 1. The lowest BCUT2D eigenvalue weighted by molar-refractivity contribution is -0.0922. The molecule has 1 aliphatic rings. The Kier molecular flexibility index (Phi) is 5.67. The zero-order valence-electron chi connectivity index (χ0n) is 13.4. The maximum absolute atomic E-state index is 6.38. The van der Waals surface area contributed by atoms with Crippen LogP contribution in [0.1, 0.15) is 61.3 Å². The Balaban J connectivity index is 2.61. The molecule has 0 aromatic carbocycles. The molecule has 3 atom stereocenters. The number of hydrogen-bond acceptors (Lipinski definition) is 2. The van der Waals surface area contributed by atoms with Gasteiger partial charge in [-0.25, -0.2) is 0 Å². The van der Waals surface area contributed by atoms with Gasteiger partial charge in [0.15, 0.2) is 0 Å². The minimum atomic E-state index is 0.347. The lowest BCUT2D eigenvalue weighted by Crippen LogP contribution is -2.55. The van der Waals surface area contributed by atoms with Crippen molar-refractivity contribution in [1.29, 1.82) is 0 Å². The van der Waals surface area contributed by atoms with Crippen molar-refractivity contribution in [3.8, 4) is 0 Å². The number of rotatable bonds is 4. The Bertz CT molecular complexity index is 242. The first-order chi connectivity index (χ1) is 8.19. The summed E-state index contributed by atoms with van der Waals surface area (Å²) in [6.07, 6.45) is 3.06. The Morgan fingerprint density at radius 2 is 1.78 bits per heavy atom. The lowest BCUT2D eigenvalue weighted by atomic mass is 9.86. The molecule has 108 valence electrons. The van der Waals surface area contributed by atoms with E-state index in [9.17, 15) is 0 Å². The van der Waals surface area contributed by atoms with Crippen molar-refractivity contribution in [1.82, 2.24) is 5.32 Å². The van der Waals surface area contributed by atoms with E-state index >= 15 is 0 Å². The van der Waals surface area contributed by atoms with Crippen LogP contribution in [-0.2, 0) is 4.74 Å². The largest absolute Gasteiger partial charge is 0.372 e.